The number of fused-ring (bicyclic) bond motifs is 1. The number of nitrogens with zero attached hydrogens (tertiary/aromatic N) is 3. The average Bonchev–Trinajstić information content (AvgIpc) is 3.13. The average molecular weight is 325 g/mol. The standard InChI is InChI=1S/C19H23N3O2/c1-21-11-17(10-20-21)13-22-5-7-23-14-16(12-22)8-15-2-3-18-4-6-24-19(18)9-15/h2-4,6,9-11,16H,5,7-8,12-14H2,1H3/t16-/m0/s1. The van der Waals surface area contributed by atoms with Crippen molar-refractivity contribution in [2.75, 3.05) is 26.3 Å². The van der Waals surface area contributed by atoms with Crippen molar-refractivity contribution in [2.45, 2.75) is 13.0 Å². The number of furan rings is 1. The van der Waals surface area contributed by atoms with Gasteiger partial charge in [-0.05, 0) is 30.0 Å². The molecule has 0 bridgehead atoms. The van der Waals surface area contributed by atoms with Crippen LogP contribution in [0.25, 0.3) is 11.0 Å². The Morgan fingerprint density at radius 1 is 1.25 bits per heavy atom. The summed E-state index contributed by atoms with van der Waals surface area (Å²) in [5.41, 5.74) is 3.54. The third-order valence-electron chi connectivity index (χ3n) is 4.63. The molecule has 0 unspecified atom stereocenters. The van der Waals surface area contributed by atoms with Gasteiger partial charge in [-0.2, -0.15) is 5.10 Å². The number of benzene rings is 1. The summed E-state index contributed by atoms with van der Waals surface area (Å²) in [5.74, 6) is 0.497. The Hall–Kier alpha value is -2.11. The second-order valence-corrected chi connectivity index (χ2v) is 6.70. The highest BCUT2D eigenvalue weighted by molar-refractivity contribution is 5.77. The van der Waals surface area contributed by atoms with E-state index in [0.29, 0.717) is 5.92 Å². The molecule has 1 atom stereocenters. The van der Waals surface area contributed by atoms with E-state index in [1.807, 2.05) is 24.0 Å². The summed E-state index contributed by atoms with van der Waals surface area (Å²) in [5, 5.41) is 5.43. The minimum Gasteiger partial charge on any atom is -0.464 e. The molecule has 0 N–H and O–H groups in total. The van der Waals surface area contributed by atoms with Gasteiger partial charge in [-0.3, -0.25) is 9.58 Å². The number of aryl methyl sites for hydroxylation is 1. The highest BCUT2D eigenvalue weighted by atomic mass is 16.5. The smallest absolute Gasteiger partial charge is 0.134 e. The van der Waals surface area contributed by atoms with Crippen LogP contribution in [0.3, 0.4) is 0 Å². The fraction of sp³-hybridized carbons (Fsp3) is 0.421. The van der Waals surface area contributed by atoms with Crippen molar-refractivity contribution in [3.63, 3.8) is 0 Å². The van der Waals surface area contributed by atoms with E-state index in [-0.39, 0.29) is 0 Å². The van der Waals surface area contributed by atoms with Crippen molar-refractivity contribution in [3.05, 3.63) is 54.0 Å². The molecule has 3 aromatic rings. The molecule has 1 aromatic carbocycles. The summed E-state index contributed by atoms with van der Waals surface area (Å²) in [6, 6.07) is 8.50. The van der Waals surface area contributed by atoms with E-state index in [0.717, 1.165) is 50.2 Å². The van der Waals surface area contributed by atoms with Gasteiger partial charge >= 0.3 is 0 Å². The van der Waals surface area contributed by atoms with Gasteiger partial charge in [0.2, 0.25) is 0 Å². The van der Waals surface area contributed by atoms with Crippen molar-refractivity contribution in [1.29, 1.82) is 0 Å². The van der Waals surface area contributed by atoms with E-state index >= 15 is 0 Å². The van der Waals surface area contributed by atoms with Gasteiger partial charge in [0, 0.05) is 43.8 Å². The molecule has 2 aromatic heterocycles. The molecule has 3 heterocycles. The Balaban J connectivity index is 1.43. The molecule has 1 fully saturated rings. The molecule has 1 saturated heterocycles. The zero-order chi connectivity index (χ0) is 16.4. The largest absolute Gasteiger partial charge is 0.464 e. The first-order valence-corrected chi connectivity index (χ1v) is 8.50. The lowest BCUT2D eigenvalue weighted by Gasteiger charge is -2.22. The van der Waals surface area contributed by atoms with Crippen LogP contribution in [0.5, 0.6) is 0 Å². The Morgan fingerprint density at radius 3 is 3.08 bits per heavy atom. The normalized spacial score (nSPS) is 19.6. The summed E-state index contributed by atoms with van der Waals surface area (Å²) in [6.07, 6.45) is 6.80. The molecular weight excluding hydrogens is 302 g/mol. The van der Waals surface area contributed by atoms with Crippen LogP contribution >= 0.6 is 0 Å². The Morgan fingerprint density at radius 2 is 2.21 bits per heavy atom. The van der Waals surface area contributed by atoms with Crippen LogP contribution in [0.15, 0.2) is 47.3 Å². The van der Waals surface area contributed by atoms with Crippen molar-refractivity contribution in [2.24, 2.45) is 13.0 Å². The maximum atomic E-state index is 5.84. The Kier molecular flexibility index (Phi) is 4.36. The molecule has 1 aliphatic heterocycles. The number of aromatic nitrogens is 2. The highest BCUT2D eigenvalue weighted by Crippen LogP contribution is 2.21. The summed E-state index contributed by atoms with van der Waals surface area (Å²) >= 11 is 0. The first-order chi connectivity index (χ1) is 11.8. The molecule has 1 aliphatic rings. The highest BCUT2D eigenvalue weighted by Gasteiger charge is 2.20. The van der Waals surface area contributed by atoms with Crippen LogP contribution in [-0.4, -0.2) is 41.0 Å². The SMILES string of the molecule is Cn1cc(CN2CCOC[C@@H](Cc3ccc4ccoc4c3)C2)cn1. The number of hydrogen-bond acceptors (Lipinski definition) is 4. The van der Waals surface area contributed by atoms with Gasteiger partial charge in [-0.1, -0.05) is 12.1 Å². The quantitative estimate of drug-likeness (QED) is 0.740. The molecule has 126 valence electrons. The second-order valence-electron chi connectivity index (χ2n) is 6.70. The van der Waals surface area contributed by atoms with Crippen LogP contribution < -0.4 is 0 Å². The predicted molar refractivity (Wildman–Crippen MR) is 92.7 cm³/mol. The van der Waals surface area contributed by atoms with Gasteiger partial charge in [0.15, 0.2) is 0 Å². The maximum absolute atomic E-state index is 5.84. The van der Waals surface area contributed by atoms with Crippen molar-refractivity contribution < 1.29 is 9.15 Å². The van der Waals surface area contributed by atoms with Crippen molar-refractivity contribution in [3.8, 4) is 0 Å². The molecule has 0 amide bonds. The molecule has 0 aliphatic carbocycles. The maximum Gasteiger partial charge on any atom is 0.134 e. The summed E-state index contributed by atoms with van der Waals surface area (Å²) in [7, 11) is 1.96. The molecule has 5 heteroatoms. The fourth-order valence-electron chi connectivity index (χ4n) is 3.49. The summed E-state index contributed by atoms with van der Waals surface area (Å²) < 4.78 is 13.2. The predicted octanol–water partition coefficient (Wildman–Crippen LogP) is 2.86. The Labute approximate surface area is 141 Å². The zero-order valence-electron chi connectivity index (χ0n) is 14.0. The van der Waals surface area contributed by atoms with Gasteiger partial charge in [0.25, 0.3) is 0 Å². The van der Waals surface area contributed by atoms with E-state index in [4.69, 9.17) is 9.15 Å². The lowest BCUT2D eigenvalue weighted by atomic mass is 9.99. The van der Waals surface area contributed by atoms with Gasteiger partial charge < -0.3 is 9.15 Å². The third kappa shape index (κ3) is 3.52. The summed E-state index contributed by atoms with van der Waals surface area (Å²) in [4.78, 5) is 2.47. The van der Waals surface area contributed by atoms with Crippen LogP contribution in [0.4, 0.5) is 0 Å². The van der Waals surface area contributed by atoms with Gasteiger partial charge in [-0.25, -0.2) is 0 Å². The molecule has 0 spiro atoms. The molecular formula is C19H23N3O2. The van der Waals surface area contributed by atoms with Gasteiger partial charge in [0.1, 0.15) is 5.58 Å². The summed E-state index contributed by atoms with van der Waals surface area (Å²) in [6.45, 7) is 4.58. The monoisotopic (exact) mass is 325 g/mol. The van der Waals surface area contributed by atoms with E-state index in [1.165, 1.54) is 11.1 Å². The van der Waals surface area contributed by atoms with Gasteiger partial charge in [0.05, 0.1) is 25.7 Å². The molecule has 0 saturated carbocycles. The minimum absolute atomic E-state index is 0.497. The molecule has 5 nitrogen and oxygen atoms in total. The fourth-order valence-corrected chi connectivity index (χ4v) is 3.49. The van der Waals surface area contributed by atoms with Crippen LogP contribution in [0.2, 0.25) is 0 Å². The minimum atomic E-state index is 0.497. The molecule has 0 radical (unpaired) electrons. The number of hydrogen-bond donors (Lipinski definition) is 0. The zero-order valence-corrected chi connectivity index (χ0v) is 14.0. The van der Waals surface area contributed by atoms with Crippen LogP contribution in [-0.2, 0) is 24.8 Å². The second kappa shape index (κ2) is 6.79. The molecule has 24 heavy (non-hydrogen) atoms. The lowest BCUT2D eigenvalue weighted by molar-refractivity contribution is 0.121. The lowest BCUT2D eigenvalue weighted by Crippen LogP contribution is -2.30. The molecule has 4 rings (SSSR count). The van der Waals surface area contributed by atoms with E-state index < -0.39 is 0 Å². The van der Waals surface area contributed by atoms with Gasteiger partial charge in [-0.15, -0.1) is 0 Å². The van der Waals surface area contributed by atoms with E-state index in [2.05, 4.69) is 34.4 Å². The van der Waals surface area contributed by atoms with Crippen molar-refractivity contribution in [1.82, 2.24) is 14.7 Å². The van der Waals surface area contributed by atoms with Crippen molar-refractivity contribution >= 4 is 11.0 Å². The number of rotatable bonds is 4. The topological polar surface area (TPSA) is 43.4 Å². The third-order valence-corrected chi connectivity index (χ3v) is 4.63. The first-order valence-electron chi connectivity index (χ1n) is 8.50. The van der Waals surface area contributed by atoms with Crippen LogP contribution in [0.1, 0.15) is 11.1 Å². The van der Waals surface area contributed by atoms with E-state index in [9.17, 15) is 0 Å². The van der Waals surface area contributed by atoms with E-state index in [1.54, 1.807) is 6.26 Å². The Bertz CT molecular complexity index is 808. The first kappa shape index (κ1) is 15.4. The number of ether oxygens (including phenoxy) is 1. The van der Waals surface area contributed by atoms with Crippen LogP contribution in [0, 0.1) is 5.92 Å².